The van der Waals surface area contributed by atoms with Gasteiger partial charge in [-0.2, -0.15) is 0 Å². The van der Waals surface area contributed by atoms with Crippen molar-refractivity contribution in [1.29, 1.82) is 0 Å². The van der Waals surface area contributed by atoms with Gasteiger partial charge in [0.2, 0.25) is 0 Å². The van der Waals surface area contributed by atoms with Crippen molar-refractivity contribution in [2.45, 2.75) is 12.8 Å². The molecular weight excluding hydrogens is 276 g/mol. The normalized spacial score (nSPS) is 11.8. The third-order valence-corrected chi connectivity index (χ3v) is 3.72. The molecule has 0 bridgehead atoms. The zero-order valence-corrected chi connectivity index (χ0v) is 11.7. The maximum absolute atomic E-state index is 11.9. The first-order chi connectivity index (χ1) is 9.58. The Labute approximate surface area is 120 Å². The summed E-state index contributed by atoms with van der Waals surface area (Å²) in [5.41, 5.74) is 0.667. The van der Waals surface area contributed by atoms with Crippen LogP contribution in [0.2, 0.25) is 0 Å². The van der Waals surface area contributed by atoms with Crippen LogP contribution in [0.4, 0.5) is 0 Å². The molecule has 1 aromatic heterocycles. The Hall–Kier alpha value is -2.21. The molecule has 104 valence electrons. The fourth-order valence-electron chi connectivity index (χ4n) is 1.78. The monoisotopic (exact) mass is 290 g/mol. The zero-order valence-electron chi connectivity index (χ0n) is 10.9. The number of carboxylic acid groups (broad SMARTS) is 1. The molecule has 1 atom stereocenters. The second-order valence-electron chi connectivity index (χ2n) is 4.26. The molecule has 1 aromatic carbocycles. The third kappa shape index (κ3) is 3.42. The number of aliphatic carboxylic acids is 1. The number of carbonyl (C=O) groups is 2. The molecule has 2 rings (SSSR count). The van der Waals surface area contributed by atoms with Crippen LogP contribution in [0, 0.1) is 6.92 Å². The van der Waals surface area contributed by atoms with Crippen LogP contribution < -0.4 is 5.32 Å². The van der Waals surface area contributed by atoms with E-state index < -0.39 is 11.9 Å². The van der Waals surface area contributed by atoms with E-state index in [0.29, 0.717) is 10.4 Å². The number of carboxylic acids is 1. The van der Waals surface area contributed by atoms with E-state index in [1.54, 1.807) is 24.3 Å². The van der Waals surface area contributed by atoms with Crippen LogP contribution in [0.25, 0.3) is 0 Å². The fraction of sp³-hybridized carbons (Fsp3) is 0.214. The van der Waals surface area contributed by atoms with E-state index in [-0.39, 0.29) is 12.5 Å². The van der Waals surface area contributed by atoms with Crippen LogP contribution in [0.3, 0.4) is 0 Å². The maximum Gasteiger partial charge on any atom is 0.312 e. The lowest BCUT2D eigenvalue weighted by Gasteiger charge is -2.13. The number of hydrogen-bond acceptors (Lipinski definition) is 4. The summed E-state index contributed by atoms with van der Waals surface area (Å²) in [5.74, 6) is -2.01. The first-order valence-electron chi connectivity index (χ1n) is 6.06. The lowest BCUT2D eigenvalue weighted by Crippen LogP contribution is -2.31. The van der Waals surface area contributed by atoms with E-state index in [4.69, 9.17) is 0 Å². The average Bonchev–Trinajstić information content (AvgIpc) is 2.86. The molecule has 0 aliphatic heterocycles. The smallest absolute Gasteiger partial charge is 0.312 e. The lowest BCUT2D eigenvalue weighted by molar-refractivity contribution is -0.138. The van der Waals surface area contributed by atoms with E-state index in [2.05, 4.69) is 10.3 Å². The Morgan fingerprint density at radius 2 is 2.05 bits per heavy atom. The molecule has 2 aromatic rings. The lowest BCUT2D eigenvalue weighted by atomic mass is 9.99. The van der Waals surface area contributed by atoms with Gasteiger partial charge in [-0.15, -0.1) is 11.3 Å². The minimum absolute atomic E-state index is 0.0507. The molecule has 0 aliphatic carbocycles. The van der Waals surface area contributed by atoms with Gasteiger partial charge in [0.25, 0.3) is 5.91 Å². The number of nitrogens with zero attached hydrogens (tertiary/aromatic N) is 1. The Balaban J connectivity index is 2.03. The molecule has 2 N–H and O–H groups in total. The molecule has 5 nitrogen and oxygen atoms in total. The topological polar surface area (TPSA) is 79.3 Å². The van der Waals surface area contributed by atoms with Gasteiger partial charge in [-0.3, -0.25) is 9.59 Å². The largest absolute Gasteiger partial charge is 0.481 e. The van der Waals surface area contributed by atoms with E-state index in [9.17, 15) is 14.7 Å². The highest BCUT2D eigenvalue weighted by atomic mass is 32.1. The van der Waals surface area contributed by atoms with E-state index in [0.717, 1.165) is 5.01 Å². The summed E-state index contributed by atoms with van der Waals surface area (Å²) in [5, 5.41) is 12.7. The number of benzene rings is 1. The van der Waals surface area contributed by atoms with Crippen LogP contribution in [0.15, 0.2) is 36.5 Å². The van der Waals surface area contributed by atoms with E-state index in [1.165, 1.54) is 17.5 Å². The summed E-state index contributed by atoms with van der Waals surface area (Å²) in [7, 11) is 0. The van der Waals surface area contributed by atoms with Crippen LogP contribution in [-0.2, 0) is 4.79 Å². The molecule has 1 amide bonds. The molecule has 0 aliphatic rings. The maximum atomic E-state index is 11.9. The van der Waals surface area contributed by atoms with Gasteiger partial charge in [0.15, 0.2) is 0 Å². The number of aryl methyl sites for hydroxylation is 1. The van der Waals surface area contributed by atoms with Crippen molar-refractivity contribution >= 4 is 23.2 Å². The van der Waals surface area contributed by atoms with Crippen LogP contribution >= 0.6 is 11.3 Å². The first kappa shape index (κ1) is 14.2. The highest BCUT2D eigenvalue weighted by Crippen LogP contribution is 2.16. The zero-order chi connectivity index (χ0) is 14.5. The van der Waals surface area contributed by atoms with Crippen LogP contribution in [0.5, 0.6) is 0 Å². The molecular formula is C14H14N2O3S. The van der Waals surface area contributed by atoms with Gasteiger partial charge in [0, 0.05) is 6.54 Å². The van der Waals surface area contributed by atoms with Crippen molar-refractivity contribution in [1.82, 2.24) is 10.3 Å². The molecule has 1 unspecified atom stereocenters. The predicted molar refractivity (Wildman–Crippen MR) is 76.0 cm³/mol. The number of rotatable bonds is 5. The average molecular weight is 290 g/mol. The van der Waals surface area contributed by atoms with Crippen LogP contribution in [0.1, 0.15) is 26.2 Å². The van der Waals surface area contributed by atoms with Crippen molar-refractivity contribution in [3.8, 4) is 0 Å². The number of amides is 1. The van der Waals surface area contributed by atoms with Crippen molar-refractivity contribution in [3.05, 3.63) is 52.0 Å². The van der Waals surface area contributed by atoms with Crippen molar-refractivity contribution in [2.75, 3.05) is 6.54 Å². The highest BCUT2D eigenvalue weighted by Gasteiger charge is 2.21. The molecule has 0 fully saturated rings. The number of hydrogen-bond donors (Lipinski definition) is 2. The Morgan fingerprint density at radius 1 is 1.35 bits per heavy atom. The second kappa shape index (κ2) is 6.29. The molecule has 0 saturated carbocycles. The van der Waals surface area contributed by atoms with Gasteiger partial charge in [-0.25, -0.2) is 4.98 Å². The third-order valence-electron chi connectivity index (χ3n) is 2.81. The summed E-state index contributed by atoms with van der Waals surface area (Å²) in [4.78, 5) is 27.7. The quantitative estimate of drug-likeness (QED) is 0.883. The second-order valence-corrected chi connectivity index (χ2v) is 5.49. The number of nitrogens with one attached hydrogen (secondary N) is 1. The summed E-state index contributed by atoms with van der Waals surface area (Å²) in [6, 6.07) is 8.85. The van der Waals surface area contributed by atoms with Crippen molar-refractivity contribution in [2.24, 2.45) is 0 Å². The molecule has 1 heterocycles. The van der Waals surface area contributed by atoms with Gasteiger partial charge in [0.05, 0.1) is 17.1 Å². The minimum Gasteiger partial charge on any atom is -0.481 e. The van der Waals surface area contributed by atoms with Gasteiger partial charge in [-0.1, -0.05) is 30.3 Å². The number of thiazole rings is 1. The summed E-state index contributed by atoms with van der Waals surface area (Å²) >= 11 is 1.28. The molecule has 20 heavy (non-hydrogen) atoms. The first-order valence-corrected chi connectivity index (χ1v) is 6.88. The number of carbonyl (C=O) groups excluding carboxylic acids is 1. The van der Waals surface area contributed by atoms with E-state index in [1.807, 2.05) is 13.0 Å². The van der Waals surface area contributed by atoms with Crippen LogP contribution in [-0.4, -0.2) is 28.5 Å². The predicted octanol–water partition coefficient (Wildman–Crippen LogP) is 2.05. The summed E-state index contributed by atoms with van der Waals surface area (Å²) < 4.78 is 0. The SMILES string of the molecule is Cc1ncc(C(=O)NCC(C(=O)O)c2ccccc2)s1. The molecule has 0 saturated heterocycles. The Kier molecular flexibility index (Phi) is 4.47. The van der Waals surface area contributed by atoms with Crippen molar-refractivity contribution in [3.63, 3.8) is 0 Å². The van der Waals surface area contributed by atoms with Gasteiger partial charge in [0.1, 0.15) is 4.88 Å². The fourth-order valence-corrected chi connectivity index (χ4v) is 2.48. The van der Waals surface area contributed by atoms with Gasteiger partial charge in [-0.05, 0) is 12.5 Å². The summed E-state index contributed by atoms with van der Waals surface area (Å²) in [6.07, 6.45) is 1.49. The van der Waals surface area contributed by atoms with E-state index >= 15 is 0 Å². The summed E-state index contributed by atoms with van der Waals surface area (Å²) in [6.45, 7) is 1.86. The van der Waals surface area contributed by atoms with Crippen molar-refractivity contribution < 1.29 is 14.7 Å². The molecule has 6 heteroatoms. The minimum atomic E-state index is -0.961. The Morgan fingerprint density at radius 3 is 2.60 bits per heavy atom. The standard InChI is InChI=1S/C14H14N2O3S/c1-9-15-8-12(20-9)13(17)16-7-11(14(18)19)10-5-3-2-4-6-10/h2-6,8,11H,7H2,1H3,(H,16,17)(H,18,19). The Bertz CT molecular complexity index is 610. The van der Waals surface area contributed by atoms with Gasteiger partial charge < -0.3 is 10.4 Å². The molecule has 0 radical (unpaired) electrons. The highest BCUT2D eigenvalue weighted by molar-refractivity contribution is 7.13. The van der Waals surface area contributed by atoms with Gasteiger partial charge >= 0.3 is 5.97 Å². The molecule has 0 spiro atoms. The number of aromatic nitrogens is 1.